The van der Waals surface area contributed by atoms with Gasteiger partial charge < -0.3 is 4.74 Å². The van der Waals surface area contributed by atoms with Crippen molar-refractivity contribution in [3.05, 3.63) is 65.0 Å². The lowest BCUT2D eigenvalue weighted by atomic mass is 10.1. The van der Waals surface area contributed by atoms with Crippen LogP contribution >= 0.6 is 0 Å². The zero-order valence-corrected chi connectivity index (χ0v) is 10.5. The summed E-state index contributed by atoms with van der Waals surface area (Å²) >= 11 is 0. The number of hydrogen-bond acceptors (Lipinski definition) is 1. The molecule has 1 nitrogen and oxygen atoms in total. The lowest BCUT2D eigenvalue weighted by molar-refractivity contribution is 0.411. The van der Waals surface area contributed by atoms with Crippen molar-refractivity contribution in [3.8, 4) is 5.75 Å². The first-order chi connectivity index (χ1) is 8.69. The molecule has 0 heterocycles. The van der Waals surface area contributed by atoms with Crippen LogP contribution in [0.1, 0.15) is 16.7 Å². The van der Waals surface area contributed by atoms with Crippen LogP contribution in [-0.2, 0) is 0 Å². The minimum absolute atomic E-state index is 0.223. The highest BCUT2D eigenvalue weighted by Crippen LogP contribution is 2.20. The summed E-state index contributed by atoms with van der Waals surface area (Å²) in [6, 6.07) is 12.5. The number of halogens is 1. The smallest absolute Gasteiger partial charge is 0.123 e. The van der Waals surface area contributed by atoms with Gasteiger partial charge in [0.15, 0.2) is 0 Å². The number of methoxy groups -OCH3 is 1. The zero-order valence-electron chi connectivity index (χ0n) is 10.5. The van der Waals surface area contributed by atoms with E-state index in [9.17, 15) is 4.39 Å². The van der Waals surface area contributed by atoms with E-state index in [2.05, 4.69) is 0 Å². The van der Waals surface area contributed by atoms with E-state index in [1.165, 1.54) is 12.1 Å². The Balaban J connectivity index is 2.23. The molecule has 2 aromatic rings. The lowest BCUT2D eigenvalue weighted by Crippen LogP contribution is -1.87. The van der Waals surface area contributed by atoms with Gasteiger partial charge in [-0.25, -0.2) is 4.39 Å². The SMILES string of the molecule is COc1cc(/C=C/c2cccc(F)c2)ccc1C. The zero-order chi connectivity index (χ0) is 13.0. The van der Waals surface area contributed by atoms with Crippen molar-refractivity contribution in [2.75, 3.05) is 7.11 Å². The molecule has 0 saturated carbocycles. The van der Waals surface area contributed by atoms with Gasteiger partial charge in [-0.1, -0.05) is 36.4 Å². The molecule has 2 heteroatoms. The Morgan fingerprint density at radius 1 is 1.00 bits per heavy atom. The molecule has 0 saturated heterocycles. The molecular formula is C16H15FO. The van der Waals surface area contributed by atoms with Crippen LogP contribution in [-0.4, -0.2) is 7.11 Å². The van der Waals surface area contributed by atoms with Crippen LogP contribution in [0, 0.1) is 12.7 Å². The second-order valence-corrected chi connectivity index (χ2v) is 4.12. The second kappa shape index (κ2) is 5.50. The number of aryl methyl sites for hydroxylation is 1. The fourth-order valence-electron chi connectivity index (χ4n) is 1.74. The van der Waals surface area contributed by atoms with E-state index in [1.807, 2.05) is 43.3 Å². The average molecular weight is 242 g/mol. The molecule has 0 aliphatic rings. The Labute approximate surface area is 107 Å². The van der Waals surface area contributed by atoms with Gasteiger partial charge >= 0.3 is 0 Å². The quantitative estimate of drug-likeness (QED) is 0.728. The van der Waals surface area contributed by atoms with Gasteiger partial charge in [-0.3, -0.25) is 0 Å². The van der Waals surface area contributed by atoms with Crippen molar-refractivity contribution in [3.63, 3.8) is 0 Å². The third-order valence-corrected chi connectivity index (χ3v) is 2.75. The molecule has 0 radical (unpaired) electrons. The first kappa shape index (κ1) is 12.4. The standard InChI is InChI=1S/C16H15FO/c1-12-6-7-14(11-16(12)18-2)9-8-13-4-3-5-15(17)10-13/h3-11H,1-2H3/b9-8+. The van der Waals surface area contributed by atoms with Gasteiger partial charge in [-0.2, -0.15) is 0 Å². The number of hydrogen-bond donors (Lipinski definition) is 0. The van der Waals surface area contributed by atoms with Gasteiger partial charge in [-0.05, 0) is 41.8 Å². The highest BCUT2D eigenvalue weighted by Gasteiger charge is 1.98. The van der Waals surface area contributed by atoms with E-state index in [0.717, 1.165) is 22.4 Å². The summed E-state index contributed by atoms with van der Waals surface area (Å²) in [7, 11) is 1.66. The Bertz CT molecular complexity index is 573. The number of ether oxygens (including phenoxy) is 1. The normalized spacial score (nSPS) is 10.8. The molecule has 0 aromatic heterocycles. The highest BCUT2D eigenvalue weighted by molar-refractivity contribution is 5.70. The van der Waals surface area contributed by atoms with Gasteiger partial charge in [0, 0.05) is 0 Å². The van der Waals surface area contributed by atoms with Crippen molar-refractivity contribution in [2.45, 2.75) is 6.92 Å². The molecule has 0 atom stereocenters. The van der Waals surface area contributed by atoms with Crippen molar-refractivity contribution >= 4 is 12.2 Å². The van der Waals surface area contributed by atoms with Crippen LogP contribution in [0.25, 0.3) is 12.2 Å². The Morgan fingerprint density at radius 3 is 2.39 bits per heavy atom. The third kappa shape index (κ3) is 2.98. The van der Waals surface area contributed by atoms with Crippen LogP contribution in [0.5, 0.6) is 5.75 Å². The molecule has 0 spiro atoms. The molecule has 0 fully saturated rings. The van der Waals surface area contributed by atoms with Crippen molar-refractivity contribution in [1.82, 2.24) is 0 Å². The largest absolute Gasteiger partial charge is 0.496 e. The molecule has 92 valence electrons. The first-order valence-corrected chi connectivity index (χ1v) is 5.77. The van der Waals surface area contributed by atoms with Gasteiger partial charge in [0.2, 0.25) is 0 Å². The van der Waals surface area contributed by atoms with Gasteiger partial charge in [-0.15, -0.1) is 0 Å². The Morgan fingerprint density at radius 2 is 1.72 bits per heavy atom. The van der Waals surface area contributed by atoms with Crippen molar-refractivity contribution < 1.29 is 9.13 Å². The summed E-state index contributed by atoms with van der Waals surface area (Å²) in [5.74, 6) is 0.634. The summed E-state index contributed by atoms with van der Waals surface area (Å²) in [6.45, 7) is 2.00. The third-order valence-electron chi connectivity index (χ3n) is 2.75. The van der Waals surface area contributed by atoms with E-state index in [-0.39, 0.29) is 5.82 Å². The summed E-state index contributed by atoms with van der Waals surface area (Å²) < 4.78 is 18.3. The molecule has 2 aromatic carbocycles. The van der Waals surface area contributed by atoms with Crippen LogP contribution in [0.2, 0.25) is 0 Å². The van der Waals surface area contributed by atoms with Crippen molar-refractivity contribution in [2.24, 2.45) is 0 Å². The lowest BCUT2D eigenvalue weighted by Gasteiger charge is -2.04. The summed E-state index contributed by atoms with van der Waals surface area (Å²) in [5.41, 5.74) is 2.97. The maximum absolute atomic E-state index is 13.0. The molecule has 0 bridgehead atoms. The second-order valence-electron chi connectivity index (χ2n) is 4.12. The predicted octanol–water partition coefficient (Wildman–Crippen LogP) is 4.31. The topological polar surface area (TPSA) is 9.23 Å². The van der Waals surface area contributed by atoms with E-state index in [4.69, 9.17) is 4.74 Å². The summed E-state index contributed by atoms with van der Waals surface area (Å²) in [6.07, 6.45) is 3.82. The van der Waals surface area contributed by atoms with Gasteiger partial charge in [0.05, 0.1) is 7.11 Å². The molecule has 0 aliphatic heterocycles. The fraction of sp³-hybridized carbons (Fsp3) is 0.125. The molecule has 18 heavy (non-hydrogen) atoms. The molecule has 0 N–H and O–H groups in total. The summed E-state index contributed by atoms with van der Waals surface area (Å²) in [4.78, 5) is 0. The van der Waals surface area contributed by atoms with E-state index in [0.29, 0.717) is 0 Å². The maximum Gasteiger partial charge on any atom is 0.123 e. The van der Waals surface area contributed by atoms with Crippen LogP contribution < -0.4 is 4.74 Å². The highest BCUT2D eigenvalue weighted by atomic mass is 19.1. The minimum atomic E-state index is -0.223. The van der Waals surface area contributed by atoms with Crippen LogP contribution in [0.15, 0.2) is 42.5 Å². The number of rotatable bonds is 3. The Kier molecular flexibility index (Phi) is 3.78. The molecule has 0 amide bonds. The van der Waals surface area contributed by atoms with Gasteiger partial charge in [0.1, 0.15) is 11.6 Å². The molecule has 2 rings (SSSR count). The Hall–Kier alpha value is -2.09. The fourth-order valence-corrected chi connectivity index (χ4v) is 1.74. The number of benzene rings is 2. The monoisotopic (exact) mass is 242 g/mol. The average Bonchev–Trinajstić information content (AvgIpc) is 2.38. The molecule has 0 unspecified atom stereocenters. The maximum atomic E-state index is 13.0. The van der Waals surface area contributed by atoms with E-state index >= 15 is 0 Å². The van der Waals surface area contributed by atoms with Crippen LogP contribution in [0.3, 0.4) is 0 Å². The predicted molar refractivity (Wildman–Crippen MR) is 73.1 cm³/mol. The van der Waals surface area contributed by atoms with E-state index < -0.39 is 0 Å². The molecular weight excluding hydrogens is 227 g/mol. The summed E-state index contributed by atoms with van der Waals surface area (Å²) in [5, 5.41) is 0. The minimum Gasteiger partial charge on any atom is -0.496 e. The van der Waals surface area contributed by atoms with Gasteiger partial charge in [0.25, 0.3) is 0 Å². The first-order valence-electron chi connectivity index (χ1n) is 5.77. The van der Waals surface area contributed by atoms with Crippen LogP contribution in [0.4, 0.5) is 4.39 Å². The van der Waals surface area contributed by atoms with E-state index in [1.54, 1.807) is 13.2 Å². The van der Waals surface area contributed by atoms with Crippen molar-refractivity contribution in [1.29, 1.82) is 0 Å². The molecule has 0 aliphatic carbocycles.